The zero-order valence-electron chi connectivity index (χ0n) is 18.8. The van der Waals surface area contributed by atoms with Gasteiger partial charge in [0, 0.05) is 35.2 Å². The predicted molar refractivity (Wildman–Crippen MR) is 143 cm³/mol. The summed E-state index contributed by atoms with van der Waals surface area (Å²) in [6.45, 7) is 0.550. The van der Waals surface area contributed by atoms with E-state index in [0.29, 0.717) is 17.8 Å². The molecule has 11 heteroatoms. The summed E-state index contributed by atoms with van der Waals surface area (Å²) in [4.78, 5) is 20.7. The van der Waals surface area contributed by atoms with Gasteiger partial charge >= 0.3 is 0 Å². The molecule has 0 fully saturated rings. The van der Waals surface area contributed by atoms with Gasteiger partial charge in [-0.1, -0.05) is 53.0 Å². The van der Waals surface area contributed by atoms with Gasteiger partial charge in [0.2, 0.25) is 0 Å². The van der Waals surface area contributed by atoms with Crippen molar-refractivity contribution in [2.24, 2.45) is 0 Å². The number of para-hydroxylation sites is 1. The number of carbonyl (C=O) groups excluding carboxylic acids is 1. The fraction of sp³-hybridized carbons (Fsp3) is 0.160. The maximum atomic E-state index is 13.6. The second kappa shape index (κ2) is 8.31. The summed E-state index contributed by atoms with van der Waals surface area (Å²) in [6, 6.07) is 15.6. The van der Waals surface area contributed by atoms with E-state index in [0.717, 1.165) is 17.6 Å². The van der Waals surface area contributed by atoms with Gasteiger partial charge in [0.1, 0.15) is 11.1 Å². The van der Waals surface area contributed by atoms with E-state index in [2.05, 4.69) is 15.8 Å². The van der Waals surface area contributed by atoms with Gasteiger partial charge in [-0.25, -0.2) is 8.42 Å². The maximum Gasteiger partial charge on any atom is 0.264 e. The van der Waals surface area contributed by atoms with Gasteiger partial charge in [-0.05, 0) is 48.4 Å². The molecular weight excluding hydrogens is 543 g/mol. The summed E-state index contributed by atoms with van der Waals surface area (Å²) in [5.41, 5.74) is 4.59. The molecule has 184 valence electrons. The normalized spacial score (nSPS) is 17.1. The highest BCUT2D eigenvalue weighted by Crippen LogP contribution is 2.44. The Bertz CT molecular complexity index is 1660. The van der Waals surface area contributed by atoms with Gasteiger partial charge in [-0.15, -0.1) is 0 Å². The Morgan fingerprint density at radius 2 is 1.75 bits per heavy atom. The minimum atomic E-state index is -4.14. The lowest BCUT2D eigenvalue weighted by Crippen LogP contribution is -2.51. The first-order valence-corrected chi connectivity index (χ1v) is 13.7. The molecular formula is C25H19Cl3N4O3S. The van der Waals surface area contributed by atoms with Crippen LogP contribution < -0.4 is 9.62 Å². The molecule has 3 aromatic carbocycles. The predicted octanol–water partition coefficient (Wildman–Crippen LogP) is 6.08. The monoisotopic (exact) mass is 560 g/mol. The van der Waals surface area contributed by atoms with Crippen LogP contribution in [0.4, 0.5) is 11.4 Å². The van der Waals surface area contributed by atoms with Gasteiger partial charge in [-0.3, -0.25) is 9.52 Å². The average molecular weight is 562 g/mol. The average Bonchev–Trinajstić information content (AvgIpc) is 3.19. The Balaban J connectivity index is 1.38. The molecule has 0 bridgehead atoms. The second-order valence-electron chi connectivity index (χ2n) is 8.83. The van der Waals surface area contributed by atoms with Crippen molar-refractivity contribution < 1.29 is 13.2 Å². The fourth-order valence-corrected chi connectivity index (χ4v) is 7.79. The summed E-state index contributed by atoms with van der Waals surface area (Å²) in [6.07, 6.45) is 0.445. The number of anilines is 2. The third-order valence-corrected chi connectivity index (χ3v) is 9.24. The smallest absolute Gasteiger partial charge is 0.264 e. The molecule has 0 radical (unpaired) electrons. The Hall–Kier alpha value is -2.91. The van der Waals surface area contributed by atoms with Crippen molar-refractivity contribution in [1.82, 2.24) is 9.88 Å². The molecule has 1 aromatic heterocycles. The highest BCUT2D eigenvalue weighted by Gasteiger charge is 2.41. The molecule has 36 heavy (non-hydrogen) atoms. The third-order valence-electron chi connectivity index (χ3n) is 6.72. The van der Waals surface area contributed by atoms with Gasteiger partial charge in [-0.2, -0.15) is 0 Å². The van der Waals surface area contributed by atoms with Crippen LogP contribution in [0.2, 0.25) is 15.1 Å². The van der Waals surface area contributed by atoms with Crippen LogP contribution in [0, 0.1) is 0 Å². The van der Waals surface area contributed by atoms with Crippen molar-refractivity contribution in [3.8, 4) is 0 Å². The van der Waals surface area contributed by atoms with Crippen LogP contribution >= 0.6 is 34.8 Å². The summed E-state index contributed by atoms with van der Waals surface area (Å²) in [5, 5.41) is 1.20. The van der Waals surface area contributed by atoms with Crippen LogP contribution in [0.5, 0.6) is 0 Å². The second-order valence-corrected chi connectivity index (χ2v) is 11.7. The molecule has 0 aliphatic carbocycles. The van der Waals surface area contributed by atoms with Crippen molar-refractivity contribution in [2.75, 3.05) is 23.2 Å². The van der Waals surface area contributed by atoms with Crippen molar-refractivity contribution in [3.05, 3.63) is 86.5 Å². The van der Waals surface area contributed by atoms with E-state index in [9.17, 15) is 13.2 Å². The zero-order valence-corrected chi connectivity index (χ0v) is 21.9. The minimum Gasteiger partial charge on any atom is -0.355 e. The van der Waals surface area contributed by atoms with E-state index < -0.39 is 10.0 Å². The third kappa shape index (κ3) is 3.55. The molecule has 1 amide bonds. The Kier molecular flexibility index (Phi) is 5.42. The van der Waals surface area contributed by atoms with Crippen LogP contribution in [0.3, 0.4) is 0 Å². The number of nitrogens with one attached hydrogen (secondary N) is 2. The van der Waals surface area contributed by atoms with Crippen LogP contribution in [0.1, 0.15) is 27.8 Å². The first-order chi connectivity index (χ1) is 17.2. The molecule has 3 heterocycles. The lowest BCUT2D eigenvalue weighted by molar-refractivity contribution is 0.0634. The molecule has 6 rings (SSSR count). The van der Waals surface area contributed by atoms with Crippen LogP contribution in [-0.2, 0) is 16.4 Å². The van der Waals surface area contributed by atoms with E-state index in [1.54, 1.807) is 18.2 Å². The number of hydrogen-bond donors (Lipinski definition) is 2. The quantitative estimate of drug-likeness (QED) is 0.318. The van der Waals surface area contributed by atoms with Gasteiger partial charge < -0.3 is 14.8 Å². The molecule has 1 unspecified atom stereocenters. The van der Waals surface area contributed by atoms with E-state index in [1.807, 2.05) is 35.0 Å². The molecule has 0 saturated carbocycles. The fourth-order valence-electron chi connectivity index (χ4n) is 5.19. The van der Waals surface area contributed by atoms with Gasteiger partial charge in [0.25, 0.3) is 15.9 Å². The number of halogens is 3. The highest BCUT2D eigenvalue weighted by atomic mass is 35.5. The Labute approximate surface area is 222 Å². The van der Waals surface area contributed by atoms with E-state index in [4.69, 9.17) is 34.8 Å². The van der Waals surface area contributed by atoms with Crippen molar-refractivity contribution in [2.45, 2.75) is 17.5 Å². The Morgan fingerprint density at radius 1 is 1.03 bits per heavy atom. The van der Waals surface area contributed by atoms with E-state index in [-0.39, 0.29) is 37.7 Å². The number of sulfonamides is 1. The number of aromatic nitrogens is 1. The highest BCUT2D eigenvalue weighted by molar-refractivity contribution is 7.93. The van der Waals surface area contributed by atoms with Crippen molar-refractivity contribution in [1.29, 1.82) is 0 Å². The molecule has 2 aliphatic rings. The molecule has 0 spiro atoms. The molecule has 1 atom stereocenters. The van der Waals surface area contributed by atoms with Gasteiger partial charge in [0.05, 0.1) is 27.0 Å². The van der Waals surface area contributed by atoms with E-state index >= 15 is 0 Å². The number of amides is 1. The number of benzene rings is 3. The molecule has 7 nitrogen and oxygen atoms in total. The number of aromatic amines is 1. The topological polar surface area (TPSA) is 85.5 Å². The van der Waals surface area contributed by atoms with Gasteiger partial charge in [0.15, 0.2) is 0 Å². The number of rotatable bonds is 3. The molecule has 2 N–H and O–H groups in total. The summed E-state index contributed by atoms with van der Waals surface area (Å²) < 4.78 is 28.7. The molecule has 2 aliphatic heterocycles. The van der Waals surface area contributed by atoms with E-state index in [1.165, 1.54) is 23.1 Å². The number of H-pyrrole nitrogens is 1. The summed E-state index contributed by atoms with van der Waals surface area (Å²) in [5.74, 6) is -0.166. The molecule has 4 aromatic rings. The lowest BCUT2D eigenvalue weighted by Gasteiger charge is -2.46. The van der Waals surface area contributed by atoms with Crippen LogP contribution in [-0.4, -0.2) is 37.8 Å². The standard InChI is InChI=1S/C25H19Cl3N4O3S/c1-31-21-7-6-14(30-36(34,35)23-18(27)10-13(26)11-19(23)28)12-17(21)25(33)32-9-8-16-15-4-2-3-5-20(15)29-22(16)24(31)32/h2-7,10-12,24,29-30H,8-9H2,1H3. The van der Waals surface area contributed by atoms with Crippen molar-refractivity contribution >= 4 is 73.0 Å². The Morgan fingerprint density at radius 3 is 2.50 bits per heavy atom. The molecule has 0 saturated heterocycles. The minimum absolute atomic E-state index is 0.0981. The number of carbonyl (C=O) groups is 1. The SMILES string of the molecule is CN1c2ccc(NS(=O)(=O)c3c(Cl)cc(Cl)cc3Cl)cc2C(=O)N2CCc3c([nH]c4ccccc34)C21. The largest absolute Gasteiger partial charge is 0.355 e. The first kappa shape index (κ1) is 23.5. The number of fused-ring (bicyclic) bond motifs is 6. The lowest BCUT2D eigenvalue weighted by atomic mass is 9.96. The summed E-state index contributed by atoms with van der Waals surface area (Å²) in [7, 11) is -2.21. The van der Waals surface area contributed by atoms with Crippen LogP contribution in [0.15, 0.2) is 59.5 Å². The van der Waals surface area contributed by atoms with Crippen molar-refractivity contribution in [3.63, 3.8) is 0 Å². The maximum absolute atomic E-state index is 13.6. The number of nitrogens with zero attached hydrogens (tertiary/aromatic N) is 2. The zero-order chi connectivity index (χ0) is 25.4. The summed E-state index contributed by atoms with van der Waals surface area (Å²) >= 11 is 18.2. The first-order valence-electron chi connectivity index (χ1n) is 11.1. The van der Waals surface area contributed by atoms with Crippen LogP contribution in [0.25, 0.3) is 10.9 Å². The number of hydrogen-bond acceptors (Lipinski definition) is 4.